The van der Waals surface area contributed by atoms with E-state index in [2.05, 4.69) is 31.5 Å². The molecule has 0 spiro atoms. The molecule has 17 heavy (non-hydrogen) atoms. The molecule has 0 radical (unpaired) electrons. The lowest BCUT2D eigenvalue weighted by Crippen LogP contribution is -2.21. The Morgan fingerprint density at radius 1 is 1.41 bits per heavy atom. The number of benzene rings is 1. The Balaban J connectivity index is 1.87. The highest BCUT2D eigenvalue weighted by molar-refractivity contribution is 9.10. The van der Waals surface area contributed by atoms with Crippen molar-refractivity contribution in [1.29, 1.82) is 0 Å². The number of halogens is 1. The van der Waals surface area contributed by atoms with Crippen LogP contribution in [0.15, 0.2) is 40.3 Å². The molecule has 0 atom stereocenters. The van der Waals surface area contributed by atoms with E-state index in [0.717, 1.165) is 15.3 Å². The number of para-hydroxylation sites is 1. The zero-order chi connectivity index (χ0) is 12.1. The first-order chi connectivity index (χ1) is 8.25. The summed E-state index contributed by atoms with van der Waals surface area (Å²) in [5, 5.41) is 8.34. The third kappa shape index (κ3) is 3.54. The van der Waals surface area contributed by atoms with E-state index in [1.54, 1.807) is 6.20 Å². The number of hydrogen-bond acceptors (Lipinski definition) is 4. The van der Waals surface area contributed by atoms with E-state index in [0.29, 0.717) is 0 Å². The predicted octanol–water partition coefficient (Wildman–Crippen LogP) is 2.96. The zero-order valence-corrected chi connectivity index (χ0v) is 11.2. The van der Waals surface area contributed by atoms with Gasteiger partial charge in [-0.25, -0.2) is 4.98 Å². The second-order valence-corrected chi connectivity index (χ2v) is 4.97. The number of carbonyl (C=O) groups is 1. The van der Waals surface area contributed by atoms with Gasteiger partial charge in [0.2, 0.25) is 5.91 Å². The molecule has 6 heteroatoms. The third-order valence-electron chi connectivity index (χ3n) is 1.98. The minimum atomic E-state index is -0.105. The van der Waals surface area contributed by atoms with Gasteiger partial charge in [0.25, 0.3) is 0 Å². The number of hydrogen-bond donors (Lipinski definition) is 2. The van der Waals surface area contributed by atoms with Crippen LogP contribution in [0, 0.1) is 0 Å². The molecular weight excluding hydrogens is 302 g/mol. The lowest BCUT2D eigenvalue weighted by molar-refractivity contribution is -0.114. The summed E-state index contributed by atoms with van der Waals surface area (Å²) >= 11 is 4.83. The second kappa shape index (κ2) is 5.79. The minimum absolute atomic E-state index is 0.105. The topological polar surface area (TPSA) is 54.0 Å². The van der Waals surface area contributed by atoms with Crippen molar-refractivity contribution in [3.05, 3.63) is 40.3 Å². The van der Waals surface area contributed by atoms with E-state index in [1.807, 2.05) is 29.6 Å². The quantitative estimate of drug-likeness (QED) is 0.912. The first-order valence-electron chi connectivity index (χ1n) is 4.93. The Labute approximate surface area is 111 Å². The lowest BCUT2D eigenvalue weighted by atomic mass is 10.3. The molecule has 2 N–H and O–H groups in total. The molecule has 0 bridgehead atoms. The van der Waals surface area contributed by atoms with Crippen molar-refractivity contribution < 1.29 is 4.79 Å². The summed E-state index contributed by atoms with van der Waals surface area (Å²) in [6.45, 7) is 0.203. The van der Waals surface area contributed by atoms with Crippen molar-refractivity contribution >= 4 is 44.0 Å². The fourth-order valence-corrected chi connectivity index (χ4v) is 2.14. The van der Waals surface area contributed by atoms with E-state index in [-0.39, 0.29) is 12.5 Å². The first kappa shape index (κ1) is 12.1. The van der Waals surface area contributed by atoms with Gasteiger partial charge in [-0.1, -0.05) is 12.1 Å². The minimum Gasteiger partial charge on any atom is -0.352 e. The van der Waals surface area contributed by atoms with Gasteiger partial charge in [-0.2, -0.15) is 0 Å². The predicted molar refractivity (Wildman–Crippen MR) is 73.4 cm³/mol. The Morgan fingerprint density at radius 2 is 2.24 bits per heavy atom. The summed E-state index contributed by atoms with van der Waals surface area (Å²) in [7, 11) is 0. The number of aromatic nitrogens is 1. The molecule has 1 aromatic carbocycles. The van der Waals surface area contributed by atoms with Crippen LogP contribution in [0.4, 0.5) is 10.8 Å². The summed E-state index contributed by atoms with van der Waals surface area (Å²) in [4.78, 5) is 15.7. The molecule has 1 amide bonds. The average Bonchev–Trinajstić information content (AvgIpc) is 2.82. The highest BCUT2D eigenvalue weighted by Gasteiger charge is 2.05. The van der Waals surface area contributed by atoms with Crippen LogP contribution in [0.1, 0.15) is 0 Å². The van der Waals surface area contributed by atoms with Gasteiger partial charge >= 0.3 is 0 Å². The van der Waals surface area contributed by atoms with Gasteiger partial charge in [0.1, 0.15) is 0 Å². The standard InChI is InChI=1S/C11H10BrN3OS/c12-8-3-1-2-4-9(8)15-10(16)7-14-11-13-5-6-17-11/h1-6H,7H2,(H,13,14)(H,15,16). The van der Waals surface area contributed by atoms with Gasteiger partial charge in [0.05, 0.1) is 12.2 Å². The Hall–Kier alpha value is -1.40. The largest absolute Gasteiger partial charge is 0.352 e. The Bertz CT molecular complexity index is 501. The maximum absolute atomic E-state index is 11.6. The molecule has 4 nitrogen and oxygen atoms in total. The fourth-order valence-electron chi connectivity index (χ4n) is 1.22. The lowest BCUT2D eigenvalue weighted by Gasteiger charge is -2.07. The molecule has 0 unspecified atom stereocenters. The normalized spacial score (nSPS) is 9.94. The highest BCUT2D eigenvalue weighted by Crippen LogP contribution is 2.21. The van der Waals surface area contributed by atoms with Gasteiger partial charge in [-0.3, -0.25) is 4.79 Å². The van der Waals surface area contributed by atoms with Crippen molar-refractivity contribution in [2.24, 2.45) is 0 Å². The Kier molecular flexibility index (Phi) is 4.11. The van der Waals surface area contributed by atoms with Crippen molar-refractivity contribution in [1.82, 2.24) is 4.98 Å². The number of amides is 1. The molecule has 1 heterocycles. The summed E-state index contributed by atoms with van der Waals surface area (Å²) in [5.74, 6) is -0.105. The summed E-state index contributed by atoms with van der Waals surface area (Å²) in [6.07, 6.45) is 1.69. The van der Waals surface area contributed by atoms with Gasteiger partial charge < -0.3 is 10.6 Å². The second-order valence-electron chi connectivity index (χ2n) is 3.22. The smallest absolute Gasteiger partial charge is 0.243 e. The summed E-state index contributed by atoms with van der Waals surface area (Å²) in [5.41, 5.74) is 0.762. The molecule has 0 saturated heterocycles. The molecule has 1 aromatic heterocycles. The molecule has 0 aliphatic heterocycles. The molecule has 0 fully saturated rings. The maximum atomic E-state index is 11.6. The van der Waals surface area contributed by atoms with Crippen molar-refractivity contribution in [3.8, 4) is 0 Å². The fraction of sp³-hybridized carbons (Fsp3) is 0.0909. The summed E-state index contributed by atoms with van der Waals surface area (Å²) in [6, 6.07) is 7.48. The number of nitrogens with one attached hydrogen (secondary N) is 2. The van der Waals surface area contributed by atoms with Crippen LogP contribution < -0.4 is 10.6 Å². The van der Waals surface area contributed by atoms with Crippen LogP contribution in [-0.4, -0.2) is 17.4 Å². The van der Waals surface area contributed by atoms with Gasteiger partial charge in [0.15, 0.2) is 5.13 Å². The monoisotopic (exact) mass is 311 g/mol. The first-order valence-corrected chi connectivity index (χ1v) is 6.61. The summed E-state index contributed by atoms with van der Waals surface area (Å²) < 4.78 is 0.864. The van der Waals surface area contributed by atoms with Crippen LogP contribution in [0.5, 0.6) is 0 Å². The molecule has 0 aliphatic carbocycles. The Morgan fingerprint density at radius 3 is 2.94 bits per heavy atom. The number of rotatable bonds is 4. The van der Waals surface area contributed by atoms with Gasteiger partial charge in [0, 0.05) is 16.0 Å². The zero-order valence-electron chi connectivity index (χ0n) is 8.81. The SMILES string of the molecule is O=C(CNc1nccs1)Nc1ccccc1Br. The number of carbonyl (C=O) groups excluding carboxylic acids is 1. The van der Waals surface area contributed by atoms with E-state index in [1.165, 1.54) is 11.3 Å². The van der Waals surface area contributed by atoms with E-state index >= 15 is 0 Å². The number of nitrogens with zero attached hydrogens (tertiary/aromatic N) is 1. The molecule has 2 rings (SSSR count). The van der Waals surface area contributed by atoms with E-state index < -0.39 is 0 Å². The molecule has 0 saturated carbocycles. The number of thiazole rings is 1. The van der Waals surface area contributed by atoms with Crippen LogP contribution in [0.25, 0.3) is 0 Å². The maximum Gasteiger partial charge on any atom is 0.243 e. The van der Waals surface area contributed by atoms with E-state index in [4.69, 9.17) is 0 Å². The molecular formula is C11H10BrN3OS. The van der Waals surface area contributed by atoms with Crippen molar-refractivity contribution in [3.63, 3.8) is 0 Å². The highest BCUT2D eigenvalue weighted by atomic mass is 79.9. The van der Waals surface area contributed by atoms with Crippen molar-refractivity contribution in [2.75, 3.05) is 17.2 Å². The van der Waals surface area contributed by atoms with Crippen LogP contribution >= 0.6 is 27.3 Å². The van der Waals surface area contributed by atoms with Gasteiger partial charge in [-0.15, -0.1) is 11.3 Å². The van der Waals surface area contributed by atoms with Crippen LogP contribution in [0.3, 0.4) is 0 Å². The van der Waals surface area contributed by atoms with Crippen LogP contribution in [0.2, 0.25) is 0 Å². The number of anilines is 2. The van der Waals surface area contributed by atoms with Crippen molar-refractivity contribution in [2.45, 2.75) is 0 Å². The molecule has 0 aliphatic rings. The van der Waals surface area contributed by atoms with Gasteiger partial charge in [-0.05, 0) is 28.1 Å². The van der Waals surface area contributed by atoms with Crippen LogP contribution in [-0.2, 0) is 4.79 Å². The molecule has 2 aromatic rings. The third-order valence-corrected chi connectivity index (χ3v) is 3.40. The van der Waals surface area contributed by atoms with E-state index in [9.17, 15) is 4.79 Å². The molecule has 88 valence electrons. The average molecular weight is 312 g/mol.